The molecule has 0 atom stereocenters. The van der Waals surface area contributed by atoms with Gasteiger partial charge in [-0.15, -0.1) is 0 Å². The maximum Gasteiger partial charge on any atom is 0.329 e. The van der Waals surface area contributed by atoms with Gasteiger partial charge in [0.1, 0.15) is 6.20 Å². The van der Waals surface area contributed by atoms with Gasteiger partial charge >= 0.3 is 5.69 Å². The first-order chi connectivity index (χ1) is 9.06. The fourth-order valence-corrected chi connectivity index (χ4v) is 1.58. The minimum Gasteiger partial charge on any atom is -0.368 e. The van der Waals surface area contributed by atoms with Gasteiger partial charge in [0.25, 0.3) is 0 Å². The number of nitrogen functional groups attached to an aromatic ring is 1. The Labute approximate surface area is 108 Å². The molecule has 0 aliphatic carbocycles. The molecule has 19 heavy (non-hydrogen) atoms. The number of hydrogen-bond acceptors (Lipinski definition) is 7. The molecule has 3 N–H and O–H groups in total. The lowest BCUT2D eigenvalue weighted by Gasteiger charge is -2.05. The van der Waals surface area contributed by atoms with Gasteiger partial charge in [-0.2, -0.15) is 10.1 Å². The summed E-state index contributed by atoms with van der Waals surface area (Å²) < 4.78 is 1.69. The molecule has 0 amide bonds. The topological polar surface area (TPSA) is 125 Å². The molecule has 2 aromatic heterocycles. The summed E-state index contributed by atoms with van der Waals surface area (Å²) in [7, 11) is 1.83. The van der Waals surface area contributed by atoms with Gasteiger partial charge in [-0.1, -0.05) is 0 Å². The summed E-state index contributed by atoms with van der Waals surface area (Å²) in [6, 6.07) is 0. The van der Waals surface area contributed by atoms with Crippen LogP contribution in [-0.4, -0.2) is 31.2 Å². The molecule has 2 heterocycles. The quantitative estimate of drug-likeness (QED) is 0.589. The van der Waals surface area contributed by atoms with Gasteiger partial charge in [0.2, 0.25) is 11.8 Å². The van der Waals surface area contributed by atoms with Crippen molar-refractivity contribution in [3.8, 4) is 0 Å². The average Bonchev–Trinajstić information content (AvgIpc) is 2.75. The number of aromatic nitrogens is 4. The van der Waals surface area contributed by atoms with Crippen LogP contribution in [0.15, 0.2) is 18.6 Å². The Kier molecular flexibility index (Phi) is 3.55. The van der Waals surface area contributed by atoms with Crippen molar-refractivity contribution in [1.29, 1.82) is 0 Å². The van der Waals surface area contributed by atoms with E-state index >= 15 is 0 Å². The fraction of sp³-hybridized carbons (Fsp3) is 0.300. The monoisotopic (exact) mass is 263 g/mol. The summed E-state index contributed by atoms with van der Waals surface area (Å²) in [4.78, 5) is 17.7. The molecule has 0 aliphatic heterocycles. The maximum absolute atomic E-state index is 10.8. The standard InChI is InChI=1S/C10H13N7O2/c1-16-6-7(4-14-16)2-3-12-9-8(17(18)19)5-13-10(11)15-9/h4-6H,2-3H2,1H3,(H3,11,12,13,15). The van der Waals surface area contributed by atoms with Gasteiger partial charge in [-0.3, -0.25) is 14.8 Å². The lowest BCUT2D eigenvalue weighted by molar-refractivity contribution is -0.384. The predicted octanol–water partition coefficient (Wildman–Crippen LogP) is 0.355. The van der Waals surface area contributed by atoms with E-state index in [1.807, 2.05) is 13.2 Å². The lowest BCUT2D eigenvalue weighted by Crippen LogP contribution is -2.10. The SMILES string of the molecule is Cn1cc(CCNc2nc(N)ncc2[N+](=O)[O-])cn1. The molecule has 9 nitrogen and oxygen atoms in total. The van der Waals surface area contributed by atoms with Crippen molar-refractivity contribution < 1.29 is 4.92 Å². The molecule has 0 aromatic carbocycles. The van der Waals surface area contributed by atoms with E-state index < -0.39 is 4.92 Å². The normalized spacial score (nSPS) is 10.4. The molecule has 0 bridgehead atoms. The highest BCUT2D eigenvalue weighted by molar-refractivity contribution is 5.56. The average molecular weight is 263 g/mol. The van der Waals surface area contributed by atoms with Gasteiger partial charge in [-0.25, -0.2) is 4.98 Å². The second-order valence-electron chi connectivity index (χ2n) is 3.92. The second kappa shape index (κ2) is 5.29. The van der Waals surface area contributed by atoms with E-state index in [2.05, 4.69) is 20.4 Å². The van der Waals surface area contributed by atoms with Crippen molar-refractivity contribution in [3.05, 3.63) is 34.3 Å². The molecule has 9 heteroatoms. The highest BCUT2D eigenvalue weighted by Gasteiger charge is 2.16. The Bertz CT molecular complexity index is 595. The Morgan fingerprint density at radius 2 is 2.32 bits per heavy atom. The highest BCUT2D eigenvalue weighted by atomic mass is 16.6. The Balaban J connectivity index is 2.02. The van der Waals surface area contributed by atoms with Crippen molar-refractivity contribution in [2.24, 2.45) is 7.05 Å². The zero-order chi connectivity index (χ0) is 13.8. The van der Waals surface area contributed by atoms with Crippen LogP contribution in [0.4, 0.5) is 17.5 Å². The molecule has 0 fully saturated rings. The summed E-state index contributed by atoms with van der Waals surface area (Å²) in [5.41, 5.74) is 6.25. The second-order valence-corrected chi connectivity index (χ2v) is 3.92. The third-order valence-electron chi connectivity index (χ3n) is 2.45. The van der Waals surface area contributed by atoms with Crippen molar-refractivity contribution in [2.45, 2.75) is 6.42 Å². The number of nitrogens with one attached hydrogen (secondary N) is 1. The minimum atomic E-state index is -0.550. The van der Waals surface area contributed by atoms with Crippen molar-refractivity contribution >= 4 is 17.5 Å². The van der Waals surface area contributed by atoms with Gasteiger partial charge < -0.3 is 11.1 Å². The highest BCUT2D eigenvalue weighted by Crippen LogP contribution is 2.20. The van der Waals surface area contributed by atoms with Crippen LogP contribution in [0, 0.1) is 10.1 Å². The first kappa shape index (κ1) is 12.7. The Morgan fingerprint density at radius 1 is 1.53 bits per heavy atom. The van der Waals surface area contributed by atoms with Crippen LogP contribution in [0.5, 0.6) is 0 Å². The molecule has 2 aromatic rings. The zero-order valence-corrected chi connectivity index (χ0v) is 10.3. The molecular weight excluding hydrogens is 250 g/mol. The first-order valence-electron chi connectivity index (χ1n) is 5.54. The number of anilines is 2. The maximum atomic E-state index is 10.8. The number of hydrogen-bond donors (Lipinski definition) is 2. The van der Waals surface area contributed by atoms with Crippen molar-refractivity contribution in [3.63, 3.8) is 0 Å². The molecule has 0 spiro atoms. The Hall–Kier alpha value is -2.71. The number of rotatable bonds is 5. The van der Waals surface area contributed by atoms with Crippen LogP contribution in [0.2, 0.25) is 0 Å². The smallest absolute Gasteiger partial charge is 0.329 e. The summed E-state index contributed by atoms with van der Waals surface area (Å²) >= 11 is 0. The number of nitrogens with zero attached hydrogens (tertiary/aromatic N) is 5. The molecule has 2 rings (SSSR count). The van der Waals surface area contributed by atoms with Gasteiger partial charge in [0.15, 0.2) is 0 Å². The fourth-order valence-electron chi connectivity index (χ4n) is 1.58. The summed E-state index contributed by atoms with van der Waals surface area (Å²) in [6.45, 7) is 0.489. The molecule has 0 saturated carbocycles. The number of nitro groups is 1. The molecule has 0 unspecified atom stereocenters. The van der Waals surface area contributed by atoms with Gasteiger partial charge in [0, 0.05) is 19.8 Å². The van der Waals surface area contributed by atoms with Gasteiger partial charge in [-0.05, 0) is 12.0 Å². The molecular formula is C10H13N7O2. The van der Waals surface area contributed by atoms with Crippen LogP contribution in [0.3, 0.4) is 0 Å². The number of aryl methyl sites for hydroxylation is 1. The van der Waals surface area contributed by atoms with E-state index in [1.54, 1.807) is 10.9 Å². The largest absolute Gasteiger partial charge is 0.368 e. The lowest BCUT2D eigenvalue weighted by atomic mass is 10.2. The minimum absolute atomic E-state index is 0.00511. The van der Waals surface area contributed by atoms with Crippen molar-refractivity contribution in [2.75, 3.05) is 17.6 Å². The van der Waals surface area contributed by atoms with Crippen LogP contribution >= 0.6 is 0 Å². The van der Waals surface area contributed by atoms with Crippen LogP contribution in [-0.2, 0) is 13.5 Å². The van der Waals surface area contributed by atoms with Gasteiger partial charge in [0.05, 0.1) is 11.1 Å². The van der Waals surface area contributed by atoms with Crippen molar-refractivity contribution in [1.82, 2.24) is 19.7 Å². The van der Waals surface area contributed by atoms with Crippen LogP contribution in [0.25, 0.3) is 0 Å². The van der Waals surface area contributed by atoms with E-state index in [0.29, 0.717) is 13.0 Å². The molecule has 0 saturated heterocycles. The molecule has 100 valence electrons. The molecule has 0 aliphatic rings. The number of nitrogens with two attached hydrogens (primary N) is 1. The third-order valence-corrected chi connectivity index (χ3v) is 2.45. The Morgan fingerprint density at radius 3 is 2.95 bits per heavy atom. The molecule has 0 radical (unpaired) electrons. The summed E-state index contributed by atoms with van der Waals surface area (Å²) in [5.74, 6) is 0.121. The van der Waals surface area contributed by atoms with E-state index in [9.17, 15) is 10.1 Å². The van der Waals surface area contributed by atoms with E-state index in [0.717, 1.165) is 11.8 Å². The first-order valence-corrected chi connectivity index (χ1v) is 5.54. The summed E-state index contributed by atoms with van der Waals surface area (Å²) in [6.07, 6.45) is 5.39. The van der Waals surface area contributed by atoms with Crippen LogP contribution < -0.4 is 11.1 Å². The summed E-state index contributed by atoms with van der Waals surface area (Å²) in [5, 5.41) is 17.7. The van der Waals surface area contributed by atoms with Crippen LogP contribution in [0.1, 0.15) is 5.56 Å². The predicted molar refractivity (Wildman–Crippen MR) is 68.5 cm³/mol. The van der Waals surface area contributed by atoms with E-state index in [1.165, 1.54) is 0 Å². The van der Waals surface area contributed by atoms with E-state index in [4.69, 9.17) is 5.73 Å². The third kappa shape index (κ3) is 3.15. The van der Waals surface area contributed by atoms with E-state index in [-0.39, 0.29) is 17.5 Å². The zero-order valence-electron chi connectivity index (χ0n) is 10.3.